The van der Waals surface area contributed by atoms with Crippen LogP contribution in [0.15, 0.2) is 53.4 Å². The third-order valence-corrected chi connectivity index (χ3v) is 4.51. The van der Waals surface area contributed by atoms with E-state index < -0.39 is 0 Å². The number of ether oxygens (including phenoxy) is 2. The second kappa shape index (κ2) is 7.45. The lowest BCUT2D eigenvalue weighted by Crippen LogP contribution is -2.24. The molecule has 0 N–H and O–H groups in total. The van der Waals surface area contributed by atoms with Gasteiger partial charge in [0.2, 0.25) is 12.7 Å². The molecule has 5 heteroatoms. The Morgan fingerprint density at radius 3 is 2.67 bits per heavy atom. The average molecular weight is 341 g/mol. The molecule has 0 aromatic heterocycles. The van der Waals surface area contributed by atoms with Crippen LogP contribution in [-0.2, 0) is 11.3 Å². The molecule has 0 unspecified atom stereocenters. The zero-order valence-electron chi connectivity index (χ0n) is 13.7. The normalized spacial score (nSPS) is 12.6. The number of hydrogen-bond acceptors (Lipinski definition) is 4. The standard InChI is InChI=1S/C19H19NO3S/c1-20(12-15-3-7-16(24-2)8-4-15)19(21)10-6-14-5-9-17-18(11-14)23-13-22-17/h3-11H,12-13H2,1-2H3. The molecule has 1 heterocycles. The van der Waals surface area contributed by atoms with E-state index in [-0.39, 0.29) is 12.7 Å². The average Bonchev–Trinajstić information content (AvgIpc) is 3.08. The minimum absolute atomic E-state index is 0.0402. The Labute approximate surface area is 146 Å². The molecular weight excluding hydrogens is 322 g/mol. The molecule has 0 aliphatic carbocycles. The summed E-state index contributed by atoms with van der Waals surface area (Å²) in [7, 11) is 1.80. The molecule has 0 bridgehead atoms. The zero-order chi connectivity index (χ0) is 16.9. The van der Waals surface area contributed by atoms with E-state index >= 15 is 0 Å². The van der Waals surface area contributed by atoms with Gasteiger partial charge in [-0.3, -0.25) is 4.79 Å². The Balaban J connectivity index is 1.60. The van der Waals surface area contributed by atoms with Crippen molar-refractivity contribution in [2.24, 2.45) is 0 Å². The van der Waals surface area contributed by atoms with Gasteiger partial charge in [-0.25, -0.2) is 0 Å². The summed E-state index contributed by atoms with van der Waals surface area (Å²) in [5.41, 5.74) is 2.02. The highest BCUT2D eigenvalue weighted by Gasteiger charge is 2.12. The summed E-state index contributed by atoms with van der Waals surface area (Å²) in [6.45, 7) is 0.832. The molecule has 0 spiro atoms. The molecule has 1 aliphatic heterocycles. The number of carbonyl (C=O) groups is 1. The van der Waals surface area contributed by atoms with Crippen LogP contribution in [0.3, 0.4) is 0 Å². The molecule has 0 saturated heterocycles. The van der Waals surface area contributed by atoms with Crippen molar-refractivity contribution in [1.29, 1.82) is 0 Å². The number of amides is 1. The fraction of sp³-hybridized carbons (Fsp3) is 0.211. The number of carbonyl (C=O) groups excluding carboxylic acids is 1. The van der Waals surface area contributed by atoms with E-state index in [0.717, 1.165) is 16.9 Å². The number of hydrogen-bond donors (Lipinski definition) is 0. The predicted octanol–water partition coefficient (Wildman–Crippen LogP) is 3.81. The molecule has 1 aliphatic rings. The molecule has 0 fully saturated rings. The van der Waals surface area contributed by atoms with E-state index in [9.17, 15) is 4.79 Å². The molecule has 2 aromatic rings. The summed E-state index contributed by atoms with van der Waals surface area (Å²) in [6, 6.07) is 13.9. The van der Waals surface area contributed by atoms with Crippen LogP contribution < -0.4 is 9.47 Å². The molecular formula is C19H19NO3S. The van der Waals surface area contributed by atoms with Crippen molar-refractivity contribution in [3.05, 3.63) is 59.7 Å². The van der Waals surface area contributed by atoms with E-state index in [2.05, 4.69) is 24.3 Å². The second-order valence-electron chi connectivity index (χ2n) is 5.49. The van der Waals surface area contributed by atoms with Gasteiger partial charge in [-0.2, -0.15) is 0 Å². The number of nitrogens with zero attached hydrogens (tertiary/aromatic N) is 1. The van der Waals surface area contributed by atoms with Gasteiger partial charge in [-0.05, 0) is 47.7 Å². The quantitative estimate of drug-likeness (QED) is 0.612. The topological polar surface area (TPSA) is 38.8 Å². The molecule has 2 aromatic carbocycles. The fourth-order valence-electron chi connectivity index (χ4n) is 2.39. The Hall–Kier alpha value is -2.40. The van der Waals surface area contributed by atoms with Crippen LogP contribution in [0.4, 0.5) is 0 Å². The monoisotopic (exact) mass is 341 g/mol. The SMILES string of the molecule is CSc1ccc(CN(C)C(=O)C=Cc2ccc3c(c2)OCO3)cc1. The van der Waals surface area contributed by atoms with Crippen molar-refractivity contribution in [1.82, 2.24) is 4.90 Å². The third kappa shape index (κ3) is 3.92. The van der Waals surface area contributed by atoms with E-state index in [1.165, 1.54) is 4.90 Å². The van der Waals surface area contributed by atoms with Gasteiger partial charge in [0.25, 0.3) is 0 Å². The highest BCUT2D eigenvalue weighted by Crippen LogP contribution is 2.32. The Kier molecular flexibility index (Phi) is 5.11. The molecule has 0 radical (unpaired) electrons. The first-order chi connectivity index (χ1) is 11.7. The maximum Gasteiger partial charge on any atom is 0.246 e. The van der Waals surface area contributed by atoms with Crippen LogP contribution in [0, 0.1) is 0 Å². The number of benzene rings is 2. The third-order valence-electron chi connectivity index (χ3n) is 3.77. The van der Waals surface area contributed by atoms with Crippen molar-refractivity contribution < 1.29 is 14.3 Å². The first kappa shape index (κ1) is 16.5. The van der Waals surface area contributed by atoms with Crippen molar-refractivity contribution in [2.45, 2.75) is 11.4 Å². The molecule has 0 saturated carbocycles. The second-order valence-corrected chi connectivity index (χ2v) is 6.37. The van der Waals surface area contributed by atoms with E-state index in [4.69, 9.17) is 9.47 Å². The Bertz CT molecular complexity index is 756. The van der Waals surface area contributed by atoms with Crippen LogP contribution in [0.5, 0.6) is 11.5 Å². The highest BCUT2D eigenvalue weighted by molar-refractivity contribution is 7.98. The highest BCUT2D eigenvalue weighted by atomic mass is 32.2. The lowest BCUT2D eigenvalue weighted by molar-refractivity contribution is -0.125. The first-order valence-electron chi connectivity index (χ1n) is 7.61. The summed E-state index contributed by atoms with van der Waals surface area (Å²) in [6.07, 6.45) is 5.41. The Morgan fingerprint density at radius 1 is 1.17 bits per heavy atom. The van der Waals surface area contributed by atoms with Gasteiger partial charge >= 0.3 is 0 Å². The number of thioether (sulfide) groups is 1. The summed E-state index contributed by atoms with van der Waals surface area (Å²) >= 11 is 1.71. The van der Waals surface area contributed by atoms with Crippen molar-refractivity contribution in [2.75, 3.05) is 20.1 Å². The van der Waals surface area contributed by atoms with Crippen molar-refractivity contribution in [3.8, 4) is 11.5 Å². The van der Waals surface area contributed by atoms with E-state index in [1.54, 1.807) is 35.9 Å². The minimum atomic E-state index is -0.0402. The number of likely N-dealkylation sites (N-methyl/N-ethyl adjacent to an activating group) is 1. The van der Waals surface area contributed by atoms with Crippen LogP contribution in [0.1, 0.15) is 11.1 Å². The fourth-order valence-corrected chi connectivity index (χ4v) is 2.80. The van der Waals surface area contributed by atoms with Crippen LogP contribution in [0.2, 0.25) is 0 Å². The molecule has 3 rings (SSSR count). The summed E-state index contributed by atoms with van der Waals surface area (Å²) in [4.78, 5) is 15.2. The van der Waals surface area contributed by atoms with E-state index in [0.29, 0.717) is 12.3 Å². The van der Waals surface area contributed by atoms with Gasteiger partial charge in [-0.1, -0.05) is 18.2 Å². The molecule has 0 atom stereocenters. The smallest absolute Gasteiger partial charge is 0.246 e. The summed E-state index contributed by atoms with van der Waals surface area (Å²) in [5, 5.41) is 0. The number of fused-ring (bicyclic) bond motifs is 1. The van der Waals surface area contributed by atoms with Crippen LogP contribution >= 0.6 is 11.8 Å². The van der Waals surface area contributed by atoms with Crippen molar-refractivity contribution >= 4 is 23.7 Å². The largest absolute Gasteiger partial charge is 0.454 e. The molecule has 1 amide bonds. The molecule has 124 valence electrons. The van der Waals surface area contributed by atoms with Gasteiger partial charge in [-0.15, -0.1) is 11.8 Å². The van der Waals surface area contributed by atoms with Gasteiger partial charge in [0.15, 0.2) is 11.5 Å². The zero-order valence-corrected chi connectivity index (χ0v) is 14.5. The van der Waals surface area contributed by atoms with Crippen molar-refractivity contribution in [3.63, 3.8) is 0 Å². The first-order valence-corrected chi connectivity index (χ1v) is 8.84. The summed E-state index contributed by atoms with van der Waals surface area (Å²) < 4.78 is 10.6. The maximum absolute atomic E-state index is 12.3. The minimum Gasteiger partial charge on any atom is -0.454 e. The van der Waals surface area contributed by atoms with Crippen LogP contribution in [-0.4, -0.2) is 30.9 Å². The van der Waals surface area contributed by atoms with Gasteiger partial charge in [0, 0.05) is 24.6 Å². The lowest BCUT2D eigenvalue weighted by Gasteiger charge is -2.15. The van der Waals surface area contributed by atoms with Gasteiger partial charge < -0.3 is 14.4 Å². The molecule has 4 nitrogen and oxygen atoms in total. The maximum atomic E-state index is 12.3. The van der Waals surface area contributed by atoms with Gasteiger partial charge in [0.1, 0.15) is 0 Å². The predicted molar refractivity (Wildman–Crippen MR) is 96.3 cm³/mol. The lowest BCUT2D eigenvalue weighted by atomic mass is 10.2. The van der Waals surface area contributed by atoms with Crippen LogP contribution in [0.25, 0.3) is 6.08 Å². The van der Waals surface area contributed by atoms with E-state index in [1.807, 2.05) is 24.5 Å². The number of rotatable bonds is 5. The molecule has 24 heavy (non-hydrogen) atoms. The summed E-state index contributed by atoms with van der Waals surface area (Å²) in [5.74, 6) is 1.41. The Morgan fingerprint density at radius 2 is 1.92 bits per heavy atom. The van der Waals surface area contributed by atoms with Gasteiger partial charge in [0.05, 0.1) is 0 Å².